The number of hydrogen-bond donors (Lipinski definition) is 2. The maximum absolute atomic E-state index is 4.93. The molecule has 0 saturated carbocycles. The number of aromatic amines is 1. The summed E-state index contributed by atoms with van der Waals surface area (Å²) in [5.74, 6) is 1.01. The summed E-state index contributed by atoms with van der Waals surface area (Å²) in [6.45, 7) is 8.55. The molecule has 1 aliphatic rings. The first-order valence-corrected chi connectivity index (χ1v) is 10.0. The zero-order chi connectivity index (χ0) is 19.2. The van der Waals surface area contributed by atoms with E-state index in [9.17, 15) is 0 Å². The molecule has 0 radical (unpaired) electrons. The van der Waals surface area contributed by atoms with Crippen LogP contribution in [0, 0.1) is 0 Å². The van der Waals surface area contributed by atoms with Crippen LogP contribution in [0.15, 0.2) is 52.2 Å². The van der Waals surface area contributed by atoms with Crippen molar-refractivity contribution in [1.29, 1.82) is 0 Å². The molecule has 29 heavy (non-hydrogen) atoms. The third-order valence-corrected chi connectivity index (χ3v) is 5.11. The van der Waals surface area contributed by atoms with E-state index in [1.807, 2.05) is 6.07 Å². The minimum absolute atomic E-state index is 0. The molecule has 0 atom stereocenters. The van der Waals surface area contributed by atoms with E-state index in [1.54, 1.807) is 6.26 Å². The van der Waals surface area contributed by atoms with Gasteiger partial charge in [-0.15, -0.1) is 24.0 Å². The maximum Gasteiger partial charge on any atom is 0.194 e. The average molecular weight is 508 g/mol. The van der Waals surface area contributed by atoms with Crippen LogP contribution in [0.5, 0.6) is 0 Å². The fourth-order valence-corrected chi connectivity index (χ4v) is 3.64. The summed E-state index contributed by atoms with van der Waals surface area (Å²) >= 11 is 0. The lowest BCUT2D eigenvalue weighted by Crippen LogP contribution is -2.52. The van der Waals surface area contributed by atoms with Crippen molar-refractivity contribution in [3.63, 3.8) is 0 Å². The summed E-state index contributed by atoms with van der Waals surface area (Å²) in [6, 6.07) is 12.5. The predicted octanol–water partition coefficient (Wildman–Crippen LogP) is 3.10. The number of guanidine groups is 1. The predicted molar refractivity (Wildman–Crippen MR) is 127 cm³/mol. The first-order valence-electron chi connectivity index (χ1n) is 10.0. The van der Waals surface area contributed by atoms with Crippen molar-refractivity contribution in [3.05, 3.63) is 54.0 Å². The fourth-order valence-electron chi connectivity index (χ4n) is 3.64. The van der Waals surface area contributed by atoms with Crippen LogP contribution in [0.2, 0.25) is 0 Å². The monoisotopic (exact) mass is 508 g/mol. The van der Waals surface area contributed by atoms with Crippen LogP contribution in [-0.4, -0.2) is 65.2 Å². The third kappa shape index (κ3) is 5.72. The second-order valence-corrected chi connectivity index (χ2v) is 7.12. The standard InChI is InChI=1S/C21H28N6O.HI/c1-2-22-21(23-9-7-18-15-17-5-3-4-6-20(17)24-18)27-12-10-26(11-13-27)16-19-8-14-28-25-19;/h3-6,8,14-15,24H,2,7,9-13,16H2,1H3,(H,22,23);1H. The van der Waals surface area contributed by atoms with Crippen molar-refractivity contribution in [1.82, 2.24) is 25.3 Å². The maximum atomic E-state index is 4.93. The quantitative estimate of drug-likeness (QED) is 0.304. The Kier molecular flexibility index (Phi) is 7.93. The van der Waals surface area contributed by atoms with E-state index in [0.29, 0.717) is 0 Å². The number of aliphatic imine (C=N–C) groups is 1. The molecular weight excluding hydrogens is 479 g/mol. The van der Waals surface area contributed by atoms with Gasteiger partial charge in [-0.3, -0.25) is 9.89 Å². The van der Waals surface area contributed by atoms with Gasteiger partial charge in [0.15, 0.2) is 5.96 Å². The van der Waals surface area contributed by atoms with Crippen molar-refractivity contribution in [2.45, 2.75) is 19.9 Å². The lowest BCUT2D eigenvalue weighted by atomic mass is 10.2. The van der Waals surface area contributed by atoms with Crippen LogP contribution in [0.3, 0.4) is 0 Å². The fraction of sp³-hybridized carbons (Fsp3) is 0.429. The minimum Gasteiger partial charge on any atom is -0.364 e. The van der Waals surface area contributed by atoms with E-state index in [-0.39, 0.29) is 24.0 Å². The van der Waals surface area contributed by atoms with Gasteiger partial charge >= 0.3 is 0 Å². The van der Waals surface area contributed by atoms with Gasteiger partial charge in [0.25, 0.3) is 0 Å². The molecule has 3 heterocycles. The first kappa shape index (κ1) is 21.6. The second-order valence-electron chi connectivity index (χ2n) is 7.12. The molecule has 156 valence electrons. The van der Waals surface area contributed by atoms with Crippen molar-refractivity contribution in [3.8, 4) is 0 Å². The normalized spacial score (nSPS) is 15.5. The Morgan fingerprint density at radius 1 is 1.21 bits per heavy atom. The van der Waals surface area contributed by atoms with E-state index < -0.39 is 0 Å². The molecule has 1 aliphatic heterocycles. The van der Waals surface area contributed by atoms with Gasteiger partial charge in [-0.1, -0.05) is 23.4 Å². The highest BCUT2D eigenvalue weighted by molar-refractivity contribution is 14.0. The highest BCUT2D eigenvalue weighted by atomic mass is 127. The molecule has 0 spiro atoms. The summed E-state index contributed by atoms with van der Waals surface area (Å²) in [7, 11) is 0. The Hall–Kier alpha value is -2.07. The number of hydrogen-bond acceptors (Lipinski definition) is 4. The summed E-state index contributed by atoms with van der Waals surface area (Å²) in [6.07, 6.45) is 2.55. The number of aromatic nitrogens is 2. The van der Waals surface area contributed by atoms with Gasteiger partial charge in [-0.25, -0.2) is 0 Å². The van der Waals surface area contributed by atoms with E-state index in [1.165, 1.54) is 16.6 Å². The van der Waals surface area contributed by atoms with Crippen molar-refractivity contribution >= 4 is 40.8 Å². The molecule has 0 aliphatic carbocycles. The molecule has 0 amide bonds. The van der Waals surface area contributed by atoms with Gasteiger partial charge in [0.1, 0.15) is 6.26 Å². The van der Waals surface area contributed by atoms with E-state index >= 15 is 0 Å². The molecular formula is C21H29IN6O. The lowest BCUT2D eigenvalue weighted by Gasteiger charge is -2.36. The van der Waals surface area contributed by atoms with E-state index in [0.717, 1.165) is 63.9 Å². The first-order chi connectivity index (χ1) is 13.8. The molecule has 1 fully saturated rings. The van der Waals surface area contributed by atoms with Gasteiger partial charge in [-0.05, 0) is 24.4 Å². The van der Waals surface area contributed by atoms with Gasteiger partial charge in [0.2, 0.25) is 0 Å². The number of benzene rings is 1. The van der Waals surface area contributed by atoms with Crippen molar-refractivity contribution in [2.75, 3.05) is 39.3 Å². The lowest BCUT2D eigenvalue weighted by molar-refractivity contribution is 0.169. The molecule has 8 heteroatoms. The van der Waals surface area contributed by atoms with Gasteiger partial charge in [0, 0.05) is 69.5 Å². The van der Waals surface area contributed by atoms with Crippen LogP contribution in [0.4, 0.5) is 0 Å². The second kappa shape index (κ2) is 10.6. The van der Waals surface area contributed by atoms with Crippen molar-refractivity contribution in [2.24, 2.45) is 4.99 Å². The Balaban J connectivity index is 0.00000240. The van der Waals surface area contributed by atoms with Gasteiger partial charge < -0.3 is 19.7 Å². The zero-order valence-electron chi connectivity index (χ0n) is 16.8. The molecule has 7 nitrogen and oxygen atoms in total. The molecule has 0 bridgehead atoms. The van der Waals surface area contributed by atoms with E-state index in [4.69, 9.17) is 9.52 Å². The van der Waals surface area contributed by atoms with Crippen LogP contribution in [-0.2, 0) is 13.0 Å². The zero-order valence-corrected chi connectivity index (χ0v) is 19.1. The Morgan fingerprint density at radius 2 is 2.03 bits per heavy atom. The largest absolute Gasteiger partial charge is 0.364 e. The van der Waals surface area contributed by atoms with Gasteiger partial charge in [-0.2, -0.15) is 0 Å². The summed E-state index contributed by atoms with van der Waals surface area (Å²) in [5.41, 5.74) is 3.42. The average Bonchev–Trinajstić information content (AvgIpc) is 3.37. The summed E-state index contributed by atoms with van der Waals surface area (Å²) in [5, 5.41) is 8.72. The Bertz CT molecular complexity index is 866. The summed E-state index contributed by atoms with van der Waals surface area (Å²) < 4.78 is 4.93. The van der Waals surface area contributed by atoms with Gasteiger partial charge in [0.05, 0.1) is 5.69 Å². The van der Waals surface area contributed by atoms with Crippen LogP contribution in [0.25, 0.3) is 10.9 Å². The number of para-hydroxylation sites is 1. The number of halogens is 1. The highest BCUT2D eigenvalue weighted by Crippen LogP contribution is 2.15. The molecule has 4 rings (SSSR count). The van der Waals surface area contributed by atoms with Crippen LogP contribution in [0.1, 0.15) is 18.3 Å². The molecule has 1 aromatic carbocycles. The number of piperazine rings is 1. The topological polar surface area (TPSA) is 72.7 Å². The van der Waals surface area contributed by atoms with Crippen molar-refractivity contribution < 1.29 is 4.52 Å². The minimum atomic E-state index is 0. The molecule has 1 saturated heterocycles. The summed E-state index contributed by atoms with van der Waals surface area (Å²) in [4.78, 5) is 13.1. The van der Waals surface area contributed by atoms with Crippen LogP contribution >= 0.6 is 24.0 Å². The number of nitrogens with zero attached hydrogens (tertiary/aromatic N) is 4. The van der Waals surface area contributed by atoms with Crippen LogP contribution < -0.4 is 5.32 Å². The molecule has 3 aromatic rings. The molecule has 0 unspecified atom stereocenters. The number of nitrogens with one attached hydrogen (secondary N) is 2. The Labute approximate surface area is 188 Å². The Morgan fingerprint density at radius 3 is 2.76 bits per heavy atom. The van der Waals surface area contributed by atoms with E-state index in [2.05, 4.69) is 62.5 Å². The number of H-pyrrole nitrogens is 1. The smallest absolute Gasteiger partial charge is 0.194 e. The highest BCUT2D eigenvalue weighted by Gasteiger charge is 2.20. The number of fused-ring (bicyclic) bond motifs is 1. The molecule has 2 N–H and O–H groups in total. The third-order valence-electron chi connectivity index (χ3n) is 5.11. The SMILES string of the molecule is CCNC(=NCCc1cc2ccccc2[nH]1)N1CCN(Cc2ccon2)CC1.I. The molecule has 2 aromatic heterocycles. The number of rotatable bonds is 6.